The highest BCUT2D eigenvalue weighted by atomic mass is 35.5. The quantitative estimate of drug-likeness (QED) is 0.793. The number of piperidine rings is 1. The fraction of sp³-hybridized carbons (Fsp3) is 0.333. The van der Waals surface area contributed by atoms with Gasteiger partial charge in [0.05, 0.1) is 12.7 Å². The van der Waals surface area contributed by atoms with Crippen molar-refractivity contribution in [2.24, 2.45) is 0 Å². The summed E-state index contributed by atoms with van der Waals surface area (Å²) in [6, 6.07) is 9.27. The average Bonchev–Trinajstić information content (AvgIpc) is 3.17. The molecule has 124 valence electrons. The number of hydrogen-bond donors (Lipinski definition) is 0. The van der Waals surface area contributed by atoms with Gasteiger partial charge in [-0.1, -0.05) is 28.9 Å². The van der Waals surface area contributed by atoms with Gasteiger partial charge in [0.15, 0.2) is 0 Å². The number of carbonyl (C=O) groups excluding carboxylic acids is 1. The Morgan fingerprint density at radius 3 is 2.92 bits per heavy atom. The molecule has 1 atom stereocenters. The number of fused-ring (bicyclic) bond motifs is 2. The molecule has 1 unspecified atom stereocenters. The van der Waals surface area contributed by atoms with Crippen molar-refractivity contribution in [1.82, 2.24) is 10.1 Å². The number of carbonyl (C=O) groups is 1. The van der Waals surface area contributed by atoms with E-state index in [1.165, 1.54) is 18.0 Å². The van der Waals surface area contributed by atoms with Crippen LogP contribution in [0.3, 0.4) is 0 Å². The third-order valence-electron chi connectivity index (χ3n) is 4.60. The lowest BCUT2D eigenvalue weighted by atomic mass is 9.94. The van der Waals surface area contributed by atoms with Gasteiger partial charge in [-0.25, -0.2) is 4.79 Å². The first-order valence-corrected chi connectivity index (χ1v) is 8.37. The molecule has 0 N–H and O–H groups in total. The molecule has 0 saturated carbocycles. The molecule has 2 saturated heterocycles. The van der Waals surface area contributed by atoms with Crippen molar-refractivity contribution in [1.29, 1.82) is 0 Å². The summed E-state index contributed by atoms with van der Waals surface area (Å²) in [6.07, 6.45) is 6.17. The molecule has 6 heteroatoms. The third-order valence-corrected chi connectivity index (χ3v) is 4.85. The summed E-state index contributed by atoms with van der Waals surface area (Å²) >= 11 is 5.94. The van der Waals surface area contributed by atoms with Crippen LogP contribution in [0, 0.1) is 0 Å². The van der Waals surface area contributed by atoms with Crippen LogP contribution >= 0.6 is 11.6 Å². The lowest BCUT2D eigenvalue weighted by molar-refractivity contribution is -0.0302. The molecule has 2 bridgehead atoms. The molecular weight excluding hydrogens is 328 g/mol. The minimum Gasteiger partial charge on any atom is -0.451 e. The Morgan fingerprint density at radius 1 is 1.33 bits per heavy atom. The van der Waals surface area contributed by atoms with Crippen LogP contribution in [0.25, 0.3) is 6.08 Å². The molecule has 0 aliphatic carbocycles. The molecular formula is C18H17ClN2O3. The van der Waals surface area contributed by atoms with Crippen LogP contribution in [0.15, 0.2) is 46.7 Å². The van der Waals surface area contributed by atoms with Crippen molar-refractivity contribution in [3.8, 4) is 0 Å². The minimum absolute atomic E-state index is 0.150. The first-order valence-electron chi connectivity index (χ1n) is 7.99. The molecule has 5 nitrogen and oxygen atoms in total. The zero-order chi connectivity index (χ0) is 16.6. The summed E-state index contributed by atoms with van der Waals surface area (Å²) < 4.78 is 10.7. The van der Waals surface area contributed by atoms with Gasteiger partial charge in [0, 0.05) is 29.8 Å². The lowest BCUT2D eigenvalue weighted by Gasteiger charge is -2.33. The summed E-state index contributed by atoms with van der Waals surface area (Å²) in [5, 5.41) is 4.29. The van der Waals surface area contributed by atoms with Crippen LogP contribution < -0.4 is 0 Å². The largest absolute Gasteiger partial charge is 0.451 e. The molecule has 0 radical (unpaired) electrons. The van der Waals surface area contributed by atoms with E-state index in [2.05, 4.69) is 16.1 Å². The number of rotatable bonds is 3. The summed E-state index contributed by atoms with van der Waals surface area (Å²) in [7, 11) is 0. The smallest absolute Gasteiger partial charge is 0.377 e. The summed E-state index contributed by atoms with van der Waals surface area (Å²) in [5.41, 5.74) is 1.82. The predicted molar refractivity (Wildman–Crippen MR) is 89.5 cm³/mol. The number of ether oxygens (including phenoxy) is 1. The van der Waals surface area contributed by atoms with E-state index in [1.54, 1.807) is 0 Å². The van der Waals surface area contributed by atoms with E-state index in [4.69, 9.17) is 20.9 Å². The van der Waals surface area contributed by atoms with Crippen molar-refractivity contribution in [3.63, 3.8) is 0 Å². The summed E-state index contributed by atoms with van der Waals surface area (Å²) in [6.45, 7) is 1.72. The van der Waals surface area contributed by atoms with Crippen LogP contribution in [0.1, 0.15) is 35.4 Å². The van der Waals surface area contributed by atoms with Crippen LogP contribution in [0.2, 0.25) is 5.02 Å². The van der Waals surface area contributed by atoms with Gasteiger partial charge in [0.25, 0.3) is 0 Å². The van der Waals surface area contributed by atoms with E-state index in [1.807, 2.05) is 24.3 Å². The molecule has 1 aromatic carbocycles. The number of aromatic nitrogens is 1. The van der Waals surface area contributed by atoms with Crippen LogP contribution in [-0.4, -0.2) is 34.7 Å². The molecule has 2 aliphatic heterocycles. The van der Waals surface area contributed by atoms with Gasteiger partial charge in [-0.2, -0.15) is 0 Å². The average molecular weight is 345 g/mol. The maximum atomic E-state index is 12.3. The van der Waals surface area contributed by atoms with E-state index in [9.17, 15) is 4.79 Å². The van der Waals surface area contributed by atoms with Crippen LogP contribution in [-0.2, 0) is 4.74 Å². The molecule has 0 amide bonds. The number of hydrogen-bond acceptors (Lipinski definition) is 5. The van der Waals surface area contributed by atoms with E-state index in [0.29, 0.717) is 0 Å². The minimum atomic E-state index is -0.472. The first-order chi connectivity index (χ1) is 11.6. The maximum absolute atomic E-state index is 12.3. The molecule has 2 aliphatic rings. The number of esters is 1. The summed E-state index contributed by atoms with van der Waals surface area (Å²) in [4.78, 5) is 14.5. The van der Waals surface area contributed by atoms with E-state index in [-0.39, 0.29) is 5.76 Å². The fourth-order valence-electron chi connectivity index (χ4n) is 3.51. The second-order valence-electron chi connectivity index (χ2n) is 6.34. The van der Waals surface area contributed by atoms with Gasteiger partial charge in [0.1, 0.15) is 5.60 Å². The Hall–Kier alpha value is -2.27. The second kappa shape index (κ2) is 5.98. The Morgan fingerprint density at radius 2 is 2.17 bits per heavy atom. The summed E-state index contributed by atoms with van der Waals surface area (Å²) in [5.74, 6) is -0.293. The number of halogens is 1. The second-order valence-corrected chi connectivity index (χ2v) is 6.77. The van der Waals surface area contributed by atoms with E-state index >= 15 is 0 Å². The normalized spacial score (nSPS) is 24.4. The standard InChI is InChI=1S/C18H17ClN2O3/c19-14-4-2-13(3-5-14)10-15-11-18(7-1-9-21(15)12-18)23-17(22)16-6-8-20-24-16/h2-6,8,10H,1,7,9,11-12H2/b15-10+. The highest BCUT2D eigenvalue weighted by molar-refractivity contribution is 6.30. The van der Waals surface area contributed by atoms with Crippen LogP contribution in [0.4, 0.5) is 0 Å². The zero-order valence-corrected chi connectivity index (χ0v) is 13.8. The van der Waals surface area contributed by atoms with Gasteiger partial charge >= 0.3 is 5.97 Å². The van der Waals surface area contributed by atoms with E-state index < -0.39 is 11.6 Å². The van der Waals surface area contributed by atoms with Crippen molar-refractivity contribution < 1.29 is 14.1 Å². The lowest BCUT2D eigenvalue weighted by Crippen LogP contribution is -2.42. The fourth-order valence-corrected chi connectivity index (χ4v) is 3.64. The van der Waals surface area contributed by atoms with Gasteiger partial charge in [-0.05, 0) is 36.6 Å². The highest BCUT2D eigenvalue weighted by Crippen LogP contribution is 2.41. The molecule has 2 fully saturated rings. The van der Waals surface area contributed by atoms with Crippen molar-refractivity contribution in [2.75, 3.05) is 13.1 Å². The molecule has 4 rings (SSSR count). The first kappa shape index (κ1) is 15.3. The van der Waals surface area contributed by atoms with Crippen molar-refractivity contribution in [3.05, 3.63) is 58.6 Å². The highest BCUT2D eigenvalue weighted by Gasteiger charge is 2.47. The SMILES string of the molecule is O=C(OC12CCCN(C1)/C(=C/c1ccc(Cl)cc1)C2)c1ccno1. The van der Waals surface area contributed by atoms with Gasteiger partial charge in [-0.3, -0.25) is 0 Å². The van der Waals surface area contributed by atoms with E-state index in [0.717, 1.165) is 42.9 Å². The van der Waals surface area contributed by atoms with Gasteiger partial charge < -0.3 is 14.2 Å². The molecule has 0 spiro atoms. The molecule has 2 aromatic rings. The molecule has 3 heterocycles. The van der Waals surface area contributed by atoms with Crippen molar-refractivity contribution >= 4 is 23.6 Å². The third kappa shape index (κ3) is 2.91. The predicted octanol–water partition coefficient (Wildman–Crippen LogP) is 3.76. The molecule has 1 aromatic heterocycles. The zero-order valence-electron chi connectivity index (χ0n) is 13.1. The Kier molecular flexibility index (Phi) is 3.81. The van der Waals surface area contributed by atoms with Gasteiger partial charge in [-0.15, -0.1) is 0 Å². The monoisotopic (exact) mass is 344 g/mol. The van der Waals surface area contributed by atoms with Crippen LogP contribution in [0.5, 0.6) is 0 Å². The Bertz CT molecular complexity index is 770. The number of nitrogens with zero attached hydrogens (tertiary/aromatic N) is 2. The Balaban J connectivity index is 1.55. The molecule has 24 heavy (non-hydrogen) atoms. The number of benzene rings is 1. The Labute approximate surface area is 144 Å². The topological polar surface area (TPSA) is 55.6 Å². The van der Waals surface area contributed by atoms with Crippen molar-refractivity contribution in [2.45, 2.75) is 24.9 Å². The van der Waals surface area contributed by atoms with Gasteiger partial charge in [0.2, 0.25) is 5.76 Å². The maximum Gasteiger partial charge on any atom is 0.377 e.